The molecule has 2 rings (SSSR count). The summed E-state index contributed by atoms with van der Waals surface area (Å²) in [6.07, 6.45) is 0. The van der Waals surface area contributed by atoms with Gasteiger partial charge in [-0.2, -0.15) is 0 Å². The summed E-state index contributed by atoms with van der Waals surface area (Å²) >= 11 is 5.63. The molecule has 0 atom stereocenters. The van der Waals surface area contributed by atoms with Crippen LogP contribution in [0.1, 0.15) is 0 Å². The molecule has 7 heteroatoms. The van der Waals surface area contributed by atoms with Gasteiger partial charge in [0.25, 0.3) is 5.69 Å². The van der Waals surface area contributed by atoms with Crippen LogP contribution >= 0.6 is 11.6 Å². The Hall–Kier alpha value is -1.82. The van der Waals surface area contributed by atoms with Crippen LogP contribution in [0.4, 0.5) is 11.4 Å². The number of non-ortho nitro benzene ring substituents is 1. The van der Waals surface area contributed by atoms with Crippen molar-refractivity contribution in [2.45, 2.75) is 0 Å². The largest absolute Gasteiger partial charge is 0.270 e. The van der Waals surface area contributed by atoms with Gasteiger partial charge in [0.15, 0.2) is 0 Å². The van der Waals surface area contributed by atoms with Gasteiger partial charge in [0.1, 0.15) is 6.67 Å². The summed E-state index contributed by atoms with van der Waals surface area (Å²) in [5.74, 6) is 0. The molecule has 1 N–H and O–H groups in total. The molecule has 0 saturated heterocycles. The van der Waals surface area contributed by atoms with Crippen LogP contribution < -0.4 is 10.4 Å². The van der Waals surface area contributed by atoms with Gasteiger partial charge in [0, 0.05) is 12.1 Å². The van der Waals surface area contributed by atoms with Crippen molar-refractivity contribution < 1.29 is 4.92 Å². The third-order valence-electron chi connectivity index (χ3n) is 1.95. The van der Waals surface area contributed by atoms with Crippen molar-refractivity contribution in [3.63, 3.8) is 0 Å². The van der Waals surface area contributed by atoms with Crippen molar-refractivity contribution >= 4 is 28.3 Å². The van der Waals surface area contributed by atoms with Gasteiger partial charge in [-0.05, 0) is 23.7 Å². The molecule has 0 radical (unpaired) electrons. The second kappa shape index (κ2) is 3.74. The van der Waals surface area contributed by atoms with E-state index in [1.807, 2.05) is 0 Å². The summed E-state index contributed by atoms with van der Waals surface area (Å²) in [5.41, 5.74) is 3.64. The normalized spacial score (nSPS) is 14.7. The lowest BCUT2D eigenvalue weighted by Crippen LogP contribution is -2.33. The molecule has 1 aliphatic rings. The Bertz CT molecular complexity index is 417. The maximum Gasteiger partial charge on any atom is 0.269 e. The monoisotopic (exact) mass is 226 g/mol. The Labute approximate surface area is 90.3 Å². The molecular formula is C8H7ClN4O2. The fourth-order valence-electron chi connectivity index (χ4n) is 1.22. The molecule has 0 saturated carbocycles. The van der Waals surface area contributed by atoms with Gasteiger partial charge in [0.05, 0.1) is 10.6 Å². The second-order valence-electron chi connectivity index (χ2n) is 2.90. The van der Waals surface area contributed by atoms with E-state index < -0.39 is 4.92 Å². The third-order valence-corrected chi connectivity index (χ3v) is 2.15. The van der Waals surface area contributed by atoms with Crippen molar-refractivity contribution in [1.82, 2.24) is 5.43 Å². The third kappa shape index (κ3) is 1.99. The quantitative estimate of drug-likeness (QED) is 0.471. The summed E-state index contributed by atoms with van der Waals surface area (Å²) in [6, 6.07) is 6.14. The molecule has 0 spiro atoms. The highest BCUT2D eigenvalue weighted by Crippen LogP contribution is 2.19. The van der Waals surface area contributed by atoms with Gasteiger partial charge >= 0.3 is 0 Å². The smallest absolute Gasteiger partial charge is 0.269 e. The molecule has 78 valence electrons. The number of nitro groups is 1. The first-order valence-electron chi connectivity index (χ1n) is 4.15. The summed E-state index contributed by atoms with van der Waals surface area (Å²) in [7, 11) is 0. The van der Waals surface area contributed by atoms with Crippen LogP contribution in [0.15, 0.2) is 29.3 Å². The Morgan fingerprint density at radius 3 is 2.60 bits per heavy atom. The van der Waals surface area contributed by atoms with Crippen molar-refractivity contribution in [1.29, 1.82) is 0 Å². The zero-order valence-electron chi connectivity index (χ0n) is 7.55. The summed E-state index contributed by atoms with van der Waals surface area (Å²) in [4.78, 5) is 13.9. The Morgan fingerprint density at radius 2 is 2.13 bits per heavy atom. The average molecular weight is 227 g/mol. The maximum atomic E-state index is 10.4. The van der Waals surface area contributed by atoms with Gasteiger partial charge < -0.3 is 0 Å². The number of nitrogens with zero attached hydrogens (tertiary/aromatic N) is 3. The van der Waals surface area contributed by atoms with Crippen LogP contribution in [0, 0.1) is 10.1 Å². The van der Waals surface area contributed by atoms with E-state index in [9.17, 15) is 10.1 Å². The number of nitrogens with one attached hydrogen (secondary N) is 1. The molecule has 0 bridgehead atoms. The lowest BCUT2D eigenvalue weighted by Gasteiger charge is -2.16. The van der Waals surface area contributed by atoms with Crippen LogP contribution in [0.3, 0.4) is 0 Å². The number of benzene rings is 1. The van der Waals surface area contributed by atoms with Crippen molar-refractivity contribution in [2.75, 3.05) is 11.7 Å². The Balaban J connectivity index is 2.14. The van der Waals surface area contributed by atoms with E-state index in [1.165, 1.54) is 12.1 Å². The number of hydrogen-bond acceptors (Lipinski definition) is 5. The number of hydrogen-bond donors (Lipinski definition) is 1. The molecule has 15 heavy (non-hydrogen) atoms. The molecule has 1 heterocycles. The van der Waals surface area contributed by atoms with Gasteiger partial charge in [-0.1, -0.05) is 0 Å². The first-order chi connectivity index (χ1) is 7.16. The summed E-state index contributed by atoms with van der Waals surface area (Å²) < 4.78 is 0. The highest BCUT2D eigenvalue weighted by molar-refractivity contribution is 6.65. The van der Waals surface area contributed by atoms with Crippen LogP contribution in [0.5, 0.6) is 0 Å². The van der Waals surface area contributed by atoms with Crippen LogP contribution in [-0.4, -0.2) is 16.9 Å². The van der Waals surface area contributed by atoms with E-state index in [0.29, 0.717) is 12.0 Å². The minimum absolute atomic E-state index is 0.0602. The molecule has 1 aromatic carbocycles. The molecule has 0 fully saturated rings. The van der Waals surface area contributed by atoms with Crippen LogP contribution in [0.25, 0.3) is 0 Å². The number of halogens is 1. The predicted molar refractivity (Wildman–Crippen MR) is 56.9 cm³/mol. The number of hydrazine groups is 1. The number of nitro benzene ring substituents is 1. The van der Waals surface area contributed by atoms with E-state index in [-0.39, 0.29) is 5.69 Å². The Kier molecular flexibility index (Phi) is 2.42. The average Bonchev–Trinajstić information content (AvgIpc) is 2.65. The van der Waals surface area contributed by atoms with Gasteiger partial charge in [-0.15, -0.1) is 0 Å². The zero-order chi connectivity index (χ0) is 10.8. The molecule has 0 amide bonds. The highest BCUT2D eigenvalue weighted by atomic mass is 35.5. The summed E-state index contributed by atoms with van der Waals surface area (Å²) in [6.45, 7) is 0.399. The van der Waals surface area contributed by atoms with E-state index in [4.69, 9.17) is 11.6 Å². The molecule has 1 aromatic rings. The fourth-order valence-corrected chi connectivity index (χ4v) is 1.37. The zero-order valence-corrected chi connectivity index (χ0v) is 8.31. The number of rotatable bonds is 2. The standard InChI is InChI=1S/C8H7ClN4O2/c9-8-10-5-12(11-8)6-1-3-7(4-2-6)13(14)15/h1-4H,5H2,(H,10,11). The van der Waals surface area contributed by atoms with Gasteiger partial charge in [-0.25, -0.2) is 4.99 Å². The molecule has 0 aliphatic carbocycles. The molecule has 6 nitrogen and oxygen atoms in total. The van der Waals surface area contributed by atoms with E-state index in [2.05, 4.69) is 10.4 Å². The highest BCUT2D eigenvalue weighted by Gasteiger charge is 2.14. The maximum absolute atomic E-state index is 10.4. The Morgan fingerprint density at radius 1 is 1.47 bits per heavy atom. The molecule has 1 aliphatic heterocycles. The first-order valence-corrected chi connectivity index (χ1v) is 4.53. The van der Waals surface area contributed by atoms with Crippen molar-refractivity contribution in [3.05, 3.63) is 34.4 Å². The second-order valence-corrected chi connectivity index (χ2v) is 3.26. The fraction of sp³-hybridized carbons (Fsp3) is 0.125. The lowest BCUT2D eigenvalue weighted by atomic mass is 10.3. The van der Waals surface area contributed by atoms with E-state index >= 15 is 0 Å². The van der Waals surface area contributed by atoms with Crippen molar-refractivity contribution in [2.24, 2.45) is 4.99 Å². The molecular weight excluding hydrogens is 220 g/mol. The number of anilines is 1. The predicted octanol–water partition coefficient (Wildman–Crippen LogP) is 1.47. The minimum atomic E-state index is -0.440. The molecule has 0 aromatic heterocycles. The lowest BCUT2D eigenvalue weighted by molar-refractivity contribution is -0.384. The first kappa shape index (κ1) is 9.72. The number of amidine groups is 1. The summed E-state index contributed by atoms with van der Waals surface area (Å²) in [5, 5.41) is 12.4. The van der Waals surface area contributed by atoms with Crippen LogP contribution in [0.2, 0.25) is 0 Å². The molecule has 0 unspecified atom stereocenters. The van der Waals surface area contributed by atoms with Crippen molar-refractivity contribution in [3.8, 4) is 0 Å². The van der Waals surface area contributed by atoms with Crippen LogP contribution in [-0.2, 0) is 0 Å². The number of aliphatic imine (C=N–C) groups is 1. The topological polar surface area (TPSA) is 70.8 Å². The van der Waals surface area contributed by atoms with Gasteiger partial charge in [-0.3, -0.25) is 20.5 Å². The van der Waals surface area contributed by atoms with E-state index in [0.717, 1.165) is 5.69 Å². The van der Waals surface area contributed by atoms with E-state index in [1.54, 1.807) is 17.1 Å². The SMILES string of the molecule is O=[N+]([O-])c1ccc(N2CN=C(Cl)N2)cc1. The minimum Gasteiger partial charge on any atom is -0.270 e. The van der Waals surface area contributed by atoms with Gasteiger partial charge in [0.2, 0.25) is 5.29 Å².